The van der Waals surface area contributed by atoms with E-state index in [1.54, 1.807) is 7.11 Å². The molecule has 1 N–H and O–H groups in total. The molecule has 1 aromatic rings. The van der Waals surface area contributed by atoms with Gasteiger partial charge in [-0.1, -0.05) is 18.2 Å². The van der Waals surface area contributed by atoms with E-state index in [9.17, 15) is 4.79 Å². The molecule has 94 valence electrons. The predicted octanol–water partition coefficient (Wildman–Crippen LogP) is 2.37. The summed E-state index contributed by atoms with van der Waals surface area (Å²) in [5.41, 5.74) is 0.894. The highest BCUT2D eigenvalue weighted by atomic mass is 35.5. The van der Waals surface area contributed by atoms with E-state index < -0.39 is 0 Å². The number of ether oxygens (including phenoxy) is 1. The van der Waals surface area contributed by atoms with Gasteiger partial charge in [-0.3, -0.25) is 4.79 Å². The number of hydrogen-bond donors (Lipinski definition) is 1. The van der Waals surface area contributed by atoms with Crippen molar-refractivity contribution in [1.82, 2.24) is 5.32 Å². The van der Waals surface area contributed by atoms with Crippen molar-refractivity contribution in [3.05, 3.63) is 29.8 Å². The van der Waals surface area contributed by atoms with Gasteiger partial charge < -0.3 is 10.1 Å². The SMILES string of the molecule is COc1ccccc1CC(=O)NC(C)CCCl. The Balaban J connectivity index is 2.55. The number of halogens is 1. The summed E-state index contributed by atoms with van der Waals surface area (Å²) in [5, 5.41) is 2.90. The molecular formula is C13H18ClNO2. The maximum absolute atomic E-state index is 11.8. The van der Waals surface area contributed by atoms with Crippen LogP contribution in [-0.2, 0) is 11.2 Å². The van der Waals surface area contributed by atoms with Crippen LogP contribution in [0.5, 0.6) is 5.75 Å². The zero-order valence-electron chi connectivity index (χ0n) is 10.2. The van der Waals surface area contributed by atoms with Gasteiger partial charge in [0.1, 0.15) is 5.75 Å². The maximum atomic E-state index is 11.8. The van der Waals surface area contributed by atoms with E-state index in [1.165, 1.54) is 0 Å². The molecule has 1 atom stereocenters. The average Bonchev–Trinajstić information content (AvgIpc) is 2.29. The molecule has 0 bridgehead atoms. The fourth-order valence-electron chi connectivity index (χ4n) is 1.58. The normalized spacial score (nSPS) is 11.9. The number of hydrogen-bond acceptors (Lipinski definition) is 2. The number of amides is 1. The number of alkyl halides is 1. The van der Waals surface area contributed by atoms with Gasteiger partial charge in [-0.2, -0.15) is 0 Å². The molecule has 0 spiro atoms. The van der Waals surface area contributed by atoms with Crippen molar-refractivity contribution in [2.45, 2.75) is 25.8 Å². The molecule has 0 fully saturated rings. The Morgan fingerprint density at radius 1 is 1.47 bits per heavy atom. The summed E-state index contributed by atoms with van der Waals surface area (Å²) in [6, 6.07) is 7.63. The third-order valence-corrected chi connectivity index (χ3v) is 2.71. The van der Waals surface area contributed by atoms with Gasteiger partial charge in [-0.05, 0) is 19.4 Å². The van der Waals surface area contributed by atoms with Gasteiger partial charge in [0.25, 0.3) is 0 Å². The first-order valence-electron chi connectivity index (χ1n) is 5.64. The lowest BCUT2D eigenvalue weighted by molar-refractivity contribution is -0.121. The maximum Gasteiger partial charge on any atom is 0.224 e. The zero-order valence-corrected chi connectivity index (χ0v) is 11.0. The number of rotatable bonds is 6. The topological polar surface area (TPSA) is 38.3 Å². The molecular weight excluding hydrogens is 238 g/mol. The van der Waals surface area contributed by atoms with Crippen molar-refractivity contribution in [3.8, 4) is 5.75 Å². The lowest BCUT2D eigenvalue weighted by Gasteiger charge is -2.13. The van der Waals surface area contributed by atoms with Crippen LogP contribution >= 0.6 is 11.6 Å². The summed E-state index contributed by atoms with van der Waals surface area (Å²) in [6.45, 7) is 1.95. The van der Waals surface area contributed by atoms with Crippen LogP contribution in [-0.4, -0.2) is 24.9 Å². The van der Waals surface area contributed by atoms with Crippen molar-refractivity contribution in [3.63, 3.8) is 0 Å². The second kappa shape index (κ2) is 7.17. The molecule has 1 rings (SSSR count). The first kappa shape index (κ1) is 13.8. The predicted molar refractivity (Wildman–Crippen MR) is 69.6 cm³/mol. The van der Waals surface area contributed by atoms with Gasteiger partial charge >= 0.3 is 0 Å². The van der Waals surface area contributed by atoms with Gasteiger partial charge in [-0.25, -0.2) is 0 Å². The summed E-state index contributed by atoms with van der Waals surface area (Å²) in [4.78, 5) is 11.8. The molecule has 0 saturated carbocycles. The number of para-hydroxylation sites is 1. The fourth-order valence-corrected chi connectivity index (χ4v) is 1.91. The van der Waals surface area contributed by atoms with Crippen molar-refractivity contribution in [1.29, 1.82) is 0 Å². The Bertz CT molecular complexity index is 368. The molecule has 0 aliphatic rings. The lowest BCUT2D eigenvalue weighted by atomic mass is 10.1. The zero-order chi connectivity index (χ0) is 12.7. The molecule has 1 amide bonds. The summed E-state index contributed by atoms with van der Waals surface area (Å²) in [5.74, 6) is 1.29. The van der Waals surface area contributed by atoms with E-state index in [0.717, 1.165) is 17.7 Å². The summed E-state index contributed by atoms with van der Waals surface area (Å²) < 4.78 is 5.20. The Hall–Kier alpha value is -1.22. The molecule has 0 aliphatic carbocycles. The highest BCUT2D eigenvalue weighted by Gasteiger charge is 2.10. The van der Waals surface area contributed by atoms with Crippen LogP contribution in [0.25, 0.3) is 0 Å². The number of methoxy groups -OCH3 is 1. The molecule has 0 aromatic heterocycles. The second-order valence-electron chi connectivity index (χ2n) is 3.93. The van der Waals surface area contributed by atoms with Gasteiger partial charge in [0, 0.05) is 17.5 Å². The monoisotopic (exact) mass is 255 g/mol. The minimum absolute atomic E-state index is 0.00730. The van der Waals surface area contributed by atoms with E-state index in [1.807, 2.05) is 31.2 Å². The minimum atomic E-state index is -0.00730. The molecule has 1 unspecified atom stereocenters. The first-order valence-corrected chi connectivity index (χ1v) is 6.18. The van der Waals surface area contributed by atoms with Gasteiger partial charge in [-0.15, -0.1) is 11.6 Å². The highest BCUT2D eigenvalue weighted by molar-refractivity contribution is 6.17. The minimum Gasteiger partial charge on any atom is -0.496 e. The van der Waals surface area contributed by atoms with E-state index >= 15 is 0 Å². The Morgan fingerprint density at radius 2 is 2.18 bits per heavy atom. The van der Waals surface area contributed by atoms with E-state index in [-0.39, 0.29) is 11.9 Å². The van der Waals surface area contributed by atoms with Crippen LogP contribution < -0.4 is 10.1 Å². The third kappa shape index (κ3) is 4.65. The van der Waals surface area contributed by atoms with Crippen LogP contribution in [0.1, 0.15) is 18.9 Å². The average molecular weight is 256 g/mol. The Morgan fingerprint density at radius 3 is 2.82 bits per heavy atom. The number of carbonyl (C=O) groups is 1. The van der Waals surface area contributed by atoms with Crippen LogP contribution in [0.4, 0.5) is 0 Å². The van der Waals surface area contributed by atoms with Gasteiger partial charge in [0.2, 0.25) is 5.91 Å². The molecule has 0 aliphatic heterocycles. The Labute approximate surface area is 107 Å². The molecule has 3 nitrogen and oxygen atoms in total. The highest BCUT2D eigenvalue weighted by Crippen LogP contribution is 2.17. The van der Waals surface area contributed by atoms with Crippen LogP contribution in [0.3, 0.4) is 0 Å². The van der Waals surface area contributed by atoms with Crippen LogP contribution in [0, 0.1) is 0 Å². The summed E-state index contributed by atoms with van der Waals surface area (Å²) >= 11 is 5.62. The van der Waals surface area contributed by atoms with Gasteiger partial charge in [0.05, 0.1) is 13.5 Å². The summed E-state index contributed by atoms with van der Waals surface area (Å²) in [6.07, 6.45) is 1.11. The largest absolute Gasteiger partial charge is 0.496 e. The van der Waals surface area contributed by atoms with E-state index in [2.05, 4.69) is 5.32 Å². The smallest absolute Gasteiger partial charge is 0.224 e. The van der Waals surface area contributed by atoms with E-state index in [4.69, 9.17) is 16.3 Å². The standard InChI is InChI=1S/C13H18ClNO2/c1-10(7-8-14)15-13(16)9-11-5-3-4-6-12(11)17-2/h3-6,10H,7-9H2,1-2H3,(H,15,16). The molecule has 1 aromatic carbocycles. The van der Waals surface area contributed by atoms with Gasteiger partial charge in [0.15, 0.2) is 0 Å². The van der Waals surface area contributed by atoms with Crippen molar-refractivity contribution >= 4 is 17.5 Å². The van der Waals surface area contributed by atoms with E-state index in [0.29, 0.717) is 12.3 Å². The summed E-state index contributed by atoms with van der Waals surface area (Å²) in [7, 11) is 1.60. The molecule has 0 radical (unpaired) electrons. The lowest BCUT2D eigenvalue weighted by Crippen LogP contribution is -2.34. The molecule has 0 saturated heterocycles. The molecule has 0 heterocycles. The van der Waals surface area contributed by atoms with Crippen LogP contribution in [0.15, 0.2) is 24.3 Å². The Kier molecular flexibility index (Phi) is 5.84. The first-order chi connectivity index (χ1) is 8.17. The third-order valence-electron chi connectivity index (χ3n) is 2.49. The quantitative estimate of drug-likeness (QED) is 0.793. The number of benzene rings is 1. The molecule has 17 heavy (non-hydrogen) atoms. The van der Waals surface area contributed by atoms with Crippen molar-refractivity contribution in [2.75, 3.05) is 13.0 Å². The number of carbonyl (C=O) groups excluding carboxylic acids is 1. The molecule has 4 heteroatoms. The number of nitrogens with one attached hydrogen (secondary N) is 1. The fraction of sp³-hybridized carbons (Fsp3) is 0.462. The second-order valence-corrected chi connectivity index (χ2v) is 4.31. The van der Waals surface area contributed by atoms with Crippen molar-refractivity contribution < 1.29 is 9.53 Å². The van der Waals surface area contributed by atoms with Crippen LogP contribution in [0.2, 0.25) is 0 Å². The van der Waals surface area contributed by atoms with Crippen molar-refractivity contribution in [2.24, 2.45) is 0 Å².